The Bertz CT molecular complexity index is 565. The van der Waals surface area contributed by atoms with Gasteiger partial charge in [-0.25, -0.2) is 4.99 Å². The molecule has 0 radical (unpaired) electrons. The number of carbonyl (C=O) groups is 1. The predicted octanol–water partition coefficient (Wildman–Crippen LogP) is 4.21. The summed E-state index contributed by atoms with van der Waals surface area (Å²) in [5.41, 5.74) is 0.110. The maximum absolute atomic E-state index is 12.6. The highest BCUT2D eigenvalue weighted by atomic mass is 19.4. The second-order valence-electron chi connectivity index (χ2n) is 5.64. The fourth-order valence-electron chi connectivity index (χ4n) is 1.92. The van der Waals surface area contributed by atoms with Crippen LogP contribution in [0.1, 0.15) is 43.1 Å². The lowest BCUT2D eigenvalue weighted by Crippen LogP contribution is -2.28. The second kappa shape index (κ2) is 4.18. The topological polar surface area (TPSA) is 29.4 Å². The third-order valence-electron chi connectivity index (χ3n) is 3.07. The molecule has 0 bridgehead atoms. The van der Waals surface area contributed by atoms with E-state index >= 15 is 0 Å². The van der Waals surface area contributed by atoms with Gasteiger partial charge < -0.3 is 0 Å². The van der Waals surface area contributed by atoms with Crippen molar-refractivity contribution in [1.82, 2.24) is 0 Å². The van der Waals surface area contributed by atoms with Crippen LogP contribution in [0, 0.1) is 0 Å². The van der Waals surface area contributed by atoms with Crippen LogP contribution in [0.3, 0.4) is 0 Å². The Kier molecular flexibility index (Phi) is 3.03. The highest BCUT2D eigenvalue weighted by Crippen LogP contribution is 2.34. The van der Waals surface area contributed by atoms with Crippen molar-refractivity contribution >= 4 is 17.2 Å². The maximum atomic E-state index is 12.6. The van der Waals surface area contributed by atoms with Gasteiger partial charge in [0.15, 0.2) is 5.78 Å². The van der Waals surface area contributed by atoms with Crippen molar-refractivity contribution in [3.05, 3.63) is 29.3 Å². The number of rotatable bonds is 0. The molecule has 0 aliphatic carbocycles. The number of hydrogen-bond donors (Lipinski definition) is 0. The van der Waals surface area contributed by atoms with Crippen molar-refractivity contribution in [3.63, 3.8) is 0 Å². The number of carbonyl (C=O) groups excluding carboxylic acids is 1. The summed E-state index contributed by atoms with van der Waals surface area (Å²) in [7, 11) is 0. The first-order valence-corrected chi connectivity index (χ1v) is 5.91. The number of benzene rings is 1. The zero-order valence-corrected chi connectivity index (χ0v) is 10.9. The zero-order chi connectivity index (χ0) is 14.4. The van der Waals surface area contributed by atoms with Crippen LogP contribution >= 0.6 is 0 Å². The summed E-state index contributed by atoms with van der Waals surface area (Å²) in [6.45, 7) is 5.94. The molecule has 0 saturated carbocycles. The SMILES string of the molecule is CC(C)(C)c1ccc2c(c1)C(=O)CC(C(F)(F)F)=N2. The normalized spacial score (nSPS) is 16.1. The van der Waals surface area contributed by atoms with E-state index in [1.54, 1.807) is 12.1 Å². The van der Waals surface area contributed by atoms with E-state index < -0.39 is 24.1 Å². The molecule has 0 unspecified atom stereocenters. The molecule has 2 rings (SSSR count). The number of Topliss-reactive ketones (excluding diaryl/α,β-unsaturated/α-hetero) is 1. The monoisotopic (exact) mass is 269 g/mol. The number of fused-ring (bicyclic) bond motifs is 1. The summed E-state index contributed by atoms with van der Waals surface area (Å²) in [5.74, 6) is -0.525. The van der Waals surface area contributed by atoms with Crippen LogP contribution in [-0.2, 0) is 5.41 Å². The zero-order valence-electron chi connectivity index (χ0n) is 10.9. The lowest BCUT2D eigenvalue weighted by Gasteiger charge is -2.22. The Morgan fingerprint density at radius 2 is 1.79 bits per heavy atom. The number of halogens is 3. The van der Waals surface area contributed by atoms with Gasteiger partial charge in [0.1, 0.15) is 5.71 Å². The van der Waals surface area contributed by atoms with Crippen LogP contribution in [-0.4, -0.2) is 17.7 Å². The van der Waals surface area contributed by atoms with Crippen molar-refractivity contribution in [2.75, 3.05) is 0 Å². The maximum Gasteiger partial charge on any atom is 0.429 e. The first-order chi connectivity index (χ1) is 8.59. The molecule has 5 heteroatoms. The minimum Gasteiger partial charge on any atom is -0.294 e. The van der Waals surface area contributed by atoms with Gasteiger partial charge in [-0.2, -0.15) is 13.2 Å². The molecule has 1 aliphatic rings. The largest absolute Gasteiger partial charge is 0.429 e. The molecular weight excluding hydrogens is 255 g/mol. The van der Waals surface area contributed by atoms with E-state index in [0.29, 0.717) is 0 Å². The van der Waals surface area contributed by atoms with Crippen molar-refractivity contribution in [3.8, 4) is 0 Å². The van der Waals surface area contributed by atoms with Gasteiger partial charge in [-0.3, -0.25) is 4.79 Å². The Balaban J connectivity index is 2.52. The minimum absolute atomic E-state index is 0.108. The average molecular weight is 269 g/mol. The number of ketones is 1. The van der Waals surface area contributed by atoms with Gasteiger partial charge in [0.2, 0.25) is 0 Å². The van der Waals surface area contributed by atoms with Gasteiger partial charge in [-0.1, -0.05) is 26.8 Å². The summed E-state index contributed by atoms with van der Waals surface area (Å²) in [6.07, 6.45) is -5.22. The second-order valence-corrected chi connectivity index (χ2v) is 5.64. The third-order valence-corrected chi connectivity index (χ3v) is 3.07. The molecule has 0 fully saturated rings. The molecule has 102 valence electrons. The van der Waals surface area contributed by atoms with Crippen molar-refractivity contribution < 1.29 is 18.0 Å². The molecule has 1 aliphatic heterocycles. The number of hydrogen-bond acceptors (Lipinski definition) is 2. The van der Waals surface area contributed by atoms with Gasteiger partial charge in [0.25, 0.3) is 0 Å². The first-order valence-electron chi connectivity index (χ1n) is 5.91. The average Bonchev–Trinajstić information content (AvgIpc) is 2.26. The summed E-state index contributed by atoms with van der Waals surface area (Å²) < 4.78 is 37.8. The fraction of sp³-hybridized carbons (Fsp3) is 0.429. The highest BCUT2D eigenvalue weighted by molar-refractivity contribution is 6.17. The number of nitrogens with zero attached hydrogens (tertiary/aromatic N) is 1. The standard InChI is InChI=1S/C14H14F3NO/c1-13(2,3)8-4-5-10-9(6-8)11(19)7-12(18-10)14(15,16)17/h4-6H,7H2,1-3H3. The molecule has 0 amide bonds. The number of aliphatic imine (C=N–C) groups is 1. The molecule has 0 spiro atoms. The Morgan fingerprint density at radius 3 is 2.32 bits per heavy atom. The summed E-state index contributed by atoms with van der Waals surface area (Å²) in [6, 6.07) is 4.85. The van der Waals surface area contributed by atoms with Gasteiger partial charge in [0, 0.05) is 5.56 Å². The third kappa shape index (κ3) is 2.69. The van der Waals surface area contributed by atoms with Crippen molar-refractivity contribution in [2.24, 2.45) is 4.99 Å². The Morgan fingerprint density at radius 1 is 1.16 bits per heavy atom. The van der Waals surface area contributed by atoms with Crippen LogP contribution in [0.25, 0.3) is 0 Å². The van der Waals surface area contributed by atoms with Crippen LogP contribution in [0.4, 0.5) is 18.9 Å². The molecule has 0 N–H and O–H groups in total. The molecular formula is C14H14F3NO. The Labute approximate surface area is 109 Å². The molecule has 19 heavy (non-hydrogen) atoms. The lowest BCUT2D eigenvalue weighted by atomic mass is 9.84. The van der Waals surface area contributed by atoms with E-state index in [1.165, 1.54) is 6.07 Å². The van der Waals surface area contributed by atoms with Gasteiger partial charge in [-0.15, -0.1) is 0 Å². The van der Waals surface area contributed by atoms with Gasteiger partial charge in [0.05, 0.1) is 12.1 Å². The molecule has 1 aromatic rings. The van der Waals surface area contributed by atoms with Crippen LogP contribution in [0.5, 0.6) is 0 Å². The van der Waals surface area contributed by atoms with E-state index in [2.05, 4.69) is 4.99 Å². The smallest absolute Gasteiger partial charge is 0.294 e. The van der Waals surface area contributed by atoms with E-state index in [4.69, 9.17) is 0 Å². The Hall–Kier alpha value is -1.65. The predicted molar refractivity (Wildman–Crippen MR) is 67.2 cm³/mol. The molecule has 0 saturated heterocycles. The molecule has 1 aromatic carbocycles. The van der Waals surface area contributed by atoms with E-state index in [-0.39, 0.29) is 16.7 Å². The fourth-order valence-corrected chi connectivity index (χ4v) is 1.92. The highest BCUT2D eigenvalue weighted by Gasteiger charge is 2.39. The summed E-state index contributed by atoms with van der Waals surface area (Å²) in [5, 5.41) is 0. The van der Waals surface area contributed by atoms with Crippen LogP contribution < -0.4 is 0 Å². The molecule has 1 heterocycles. The van der Waals surface area contributed by atoms with E-state index in [0.717, 1.165) is 5.56 Å². The van der Waals surface area contributed by atoms with Crippen molar-refractivity contribution in [1.29, 1.82) is 0 Å². The van der Waals surface area contributed by atoms with Gasteiger partial charge in [-0.05, 0) is 23.1 Å². The summed E-state index contributed by atoms with van der Waals surface area (Å²) >= 11 is 0. The molecule has 0 atom stereocenters. The van der Waals surface area contributed by atoms with E-state index in [1.807, 2.05) is 20.8 Å². The molecule has 0 aromatic heterocycles. The van der Waals surface area contributed by atoms with Gasteiger partial charge >= 0.3 is 6.18 Å². The van der Waals surface area contributed by atoms with Crippen LogP contribution in [0.2, 0.25) is 0 Å². The number of alkyl halides is 3. The lowest BCUT2D eigenvalue weighted by molar-refractivity contribution is -0.0602. The summed E-state index contributed by atoms with van der Waals surface area (Å²) in [4.78, 5) is 15.4. The quantitative estimate of drug-likeness (QED) is 0.693. The minimum atomic E-state index is -4.55. The van der Waals surface area contributed by atoms with Crippen molar-refractivity contribution in [2.45, 2.75) is 38.8 Å². The van der Waals surface area contributed by atoms with E-state index in [9.17, 15) is 18.0 Å². The first kappa shape index (κ1) is 13.8. The molecule has 2 nitrogen and oxygen atoms in total. The van der Waals surface area contributed by atoms with Crippen LogP contribution in [0.15, 0.2) is 23.2 Å².